The fourth-order valence-electron chi connectivity index (χ4n) is 9.06. The van der Waals surface area contributed by atoms with Gasteiger partial charge in [0.1, 0.15) is 0 Å². The van der Waals surface area contributed by atoms with E-state index >= 15 is 0 Å². The lowest BCUT2D eigenvalue weighted by atomic mass is 9.47. The third-order valence-corrected chi connectivity index (χ3v) is 10.5. The Balaban J connectivity index is 1.21. The Morgan fingerprint density at radius 3 is 2.17 bits per heavy atom. The summed E-state index contributed by atoms with van der Waals surface area (Å²) in [5.41, 5.74) is 8.33. The van der Waals surface area contributed by atoms with Gasteiger partial charge < -0.3 is 9.84 Å². The molecule has 202 valence electrons. The van der Waals surface area contributed by atoms with Crippen LogP contribution in [0.2, 0.25) is 0 Å². The van der Waals surface area contributed by atoms with Gasteiger partial charge >= 0.3 is 5.97 Å². The van der Waals surface area contributed by atoms with Crippen LogP contribution in [0.15, 0.2) is 78.9 Å². The molecule has 0 spiro atoms. The number of benzene rings is 4. The number of rotatable bonds is 7. The van der Waals surface area contributed by atoms with Gasteiger partial charge in [0.2, 0.25) is 0 Å². The fraction of sp³-hybridized carbons (Fsp3) is 0.378. The van der Waals surface area contributed by atoms with Crippen LogP contribution in [0.4, 0.5) is 0 Å². The molecule has 3 heteroatoms. The van der Waals surface area contributed by atoms with Crippen molar-refractivity contribution in [2.45, 2.75) is 62.9 Å². The van der Waals surface area contributed by atoms with Gasteiger partial charge in [-0.1, -0.05) is 66.7 Å². The largest absolute Gasteiger partial charge is 0.478 e. The second-order valence-electron chi connectivity index (χ2n) is 13.2. The summed E-state index contributed by atoms with van der Waals surface area (Å²) in [4.78, 5) is 12.1. The summed E-state index contributed by atoms with van der Waals surface area (Å²) in [5, 5.41) is 12.1. The Labute approximate surface area is 236 Å². The van der Waals surface area contributed by atoms with Crippen molar-refractivity contribution >= 4 is 16.7 Å². The molecule has 4 aromatic rings. The fourth-order valence-corrected chi connectivity index (χ4v) is 9.06. The third-order valence-electron chi connectivity index (χ3n) is 10.5. The molecule has 1 unspecified atom stereocenters. The lowest BCUT2D eigenvalue weighted by Gasteiger charge is -2.57. The second kappa shape index (κ2) is 9.31. The van der Waals surface area contributed by atoms with Crippen LogP contribution in [0.1, 0.15) is 71.1 Å². The van der Waals surface area contributed by atoms with E-state index in [1.54, 1.807) is 11.6 Å². The zero-order valence-corrected chi connectivity index (χ0v) is 22.9. The molecule has 1 heterocycles. The molecule has 3 nitrogen and oxygen atoms in total. The number of hydrogen-bond donors (Lipinski definition) is 1. The van der Waals surface area contributed by atoms with Gasteiger partial charge in [-0.25, -0.2) is 4.79 Å². The van der Waals surface area contributed by atoms with Gasteiger partial charge in [-0.05, 0) is 124 Å². The molecule has 5 aliphatic rings. The predicted molar refractivity (Wildman–Crippen MR) is 159 cm³/mol. The van der Waals surface area contributed by atoms with Gasteiger partial charge in [0, 0.05) is 6.42 Å². The van der Waals surface area contributed by atoms with Gasteiger partial charge in [-0.2, -0.15) is 0 Å². The van der Waals surface area contributed by atoms with Gasteiger partial charge in [-0.3, -0.25) is 0 Å². The number of epoxide rings is 1. The second-order valence-corrected chi connectivity index (χ2v) is 13.2. The molecule has 4 saturated carbocycles. The maximum absolute atomic E-state index is 12.1. The SMILES string of the molecule is O=C(O)c1ccc2cc(-c3ccc(CC4CO4)c(C45CC6CC(CC(C6)C4)C5)c3)ccc2c1Cc1ccccc1. The Hall–Kier alpha value is -3.43. The molecule has 4 aliphatic carbocycles. The first kappa shape index (κ1) is 24.4. The quantitative estimate of drug-likeness (QED) is 0.246. The summed E-state index contributed by atoms with van der Waals surface area (Å²) >= 11 is 0. The summed E-state index contributed by atoms with van der Waals surface area (Å²) in [5.74, 6) is 1.86. The molecular weight excluding hydrogens is 492 g/mol. The normalized spacial score (nSPS) is 28.2. The topological polar surface area (TPSA) is 49.8 Å². The molecule has 0 radical (unpaired) electrons. The highest BCUT2D eigenvalue weighted by atomic mass is 16.6. The molecule has 1 saturated heterocycles. The van der Waals surface area contributed by atoms with Crippen molar-refractivity contribution in [3.63, 3.8) is 0 Å². The van der Waals surface area contributed by atoms with Crippen LogP contribution >= 0.6 is 0 Å². The van der Waals surface area contributed by atoms with E-state index in [-0.39, 0.29) is 0 Å². The van der Waals surface area contributed by atoms with E-state index in [9.17, 15) is 9.90 Å². The molecule has 1 aliphatic heterocycles. The van der Waals surface area contributed by atoms with Crippen molar-refractivity contribution in [2.75, 3.05) is 6.61 Å². The minimum absolute atomic E-state index is 0.338. The van der Waals surface area contributed by atoms with Crippen molar-refractivity contribution in [2.24, 2.45) is 17.8 Å². The van der Waals surface area contributed by atoms with E-state index in [1.807, 2.05) is 24.3 Å². The number of carboxylic acids is 1. The van der Waals surface area contributed by atoms with Gasteiger partial charge in [0.05, 0.1) is 18.3 Å². The first-order valence-electron chi connectivity index (χ1n) is 15.1. The van der Waals surface area contributed by atoms with Crippen LogP contribution in [-0.4, -0.2) is 23.8 Å². The number of carbonyl (C=O) groups is 1. The summed E-state index contributed by atoms with van der Waals surface area (Å²) in [6.07, 6.45) is 10.5. The molecule has 0 aromatic heterocycles. The van der Waals surface area contributed by atoms with Crippen LogP contribution in [0.25, 0.3) is 21.9 Å². The maximum Gasteiger partial charge on any atom is 0.335 e. The number of fused-ring (bicyclic) bond motifs is 1. The lowest BCUT2D eigenvalue weighted by molar-refractivity contribution is -0.00558. The summed E-state index contributed by atoms with van der Waals surface area (Å²) in [6.45, 7) is 0.899. The van der Waals surface area contributed by atoms with E-state index in [4.69, 9.17) is 4.74 Å². The van der Waals surface area contributed by atoms with Gasteiger partial charge in [0.15, 0.2) is 0 Å². The zero-order valence-electron chi connectivity index (χ0n) is 22.9. The van der Waals surface area contributed by atoms with E-state index in [1.165, 1.54) is 55.2 Å². The molecule has 4 aromatic carbocycles. The average Bonchev–Trinajstić information content (AvgIpc) is 3.77. The van der Waals surface area contributed by atoms with Crippen molar-refractivity contribution in [1.82, 2.24) is 0 Å². The number of hydrogen-bond acceptors (Lipinski definition) is 2. The molecule has 4 bridgehead atoms. The minimum atomic E-state index is -0.868. The van der Waals surface area contributed by atoms with E-state index in [0.29, 0.717) is 23.5 Å². The summed E-state index contributed by atoms with van der Waals surface area (Å²) in [7, 11) is 0. The number of ether oxygens (including phenoxy) is 1. The lowest BCUT2D eigenvalue weighted by Crippen LogP contribution is -2.49. The molecule has 0 amide bonds. The zero-order chi connectivity index (χ0) is 26.8. The Kier molecular flexibility index (Phi) is 5.67. The Morgan fingerprint density at radius 2 is 1.50 bits per heavy atom. The standard InChI is InChI=1S/C37H36O3/c38-36(39)33-11-9-29-16-27(8-10-32(29)34(33)15-23-4-2-1-3-5-23)28-6-7-30(17-31-22-40-31)35(18-28)37-19-24-12-25(20-37)14-26(13-24)21-37/h1-11,16,18,24-26,31H,12-15,17,19-22H2,(H,38,39). The number of carboxylic acid groups (broad SMARTS) is 1. The molecule has 40 heavy (non-hydrogen) atoms. The molecule has 1 atom stereocenters. The van der Waals surface area contributed by atoms with Crippen LogP contribution in [0, 0.1) is 17.8 Å². The highest BCUT2D eigenvalue weighted by Gasteiger charge is 2.52. The minimum Gasteiger partial charge on any atom is -0.478 e. The third kappa shape index (κ3) is 4.27. The molecule has 9 rings (SSSR count). The molecule has 5 fully saturated rings. The van der Waals surface area contributed by atoms with E-state index in [2.05, 4.69) is 48.5 Å². The smallest absolute Gasteiger partial charge is 0.335 e. The van der Waals surface area contributed by atoms with E-state index < -0.39 is 5.97 Å². The van der Waals surface area contributed by atoms with Crippen molar-refractivity contribution in [3.05, 3.63) is 107 Å². The van der Waals surface area contributed by atoms with Crippen molar-refractivity contribution in [1.29, 1.82) is 0 Å². The van der Waals surface area contributed by atoms with Gasteiger partial charge in [-0.15, -0.1) is 0 Å². The van der Waals surface area contributed by atoms with Crippen LogP contribution in [0.3, 0.4) is 0 Å². The van der Waals surface area contributed by atoms with Crippen LogP contribution in [-0.2, 0) is 23.0 Å². The highest BCUT2D eigenvalue weighted by Crippen LogP contribution is 2.61. The van der Waals surface area contributed by atoms with E-state index in [0.717, 1.165) is 52.7 Å². The molecular formula is C37H36O3. The first-order chi connectivity index (χ1) is 19.5. The average molecular weight is 529 g/mol. The molecule has 1 N–H and O–H groups in total. The highest BCUT2D eigenvalue weighted by molar-refractivity contribution is 5.99. The van der Waals surface area contributed by atoms with Crippen molar-refractivity contribution in [3.8, 4) is 11.1 Å². The first-order valence-corrected chi connectivity index (χ1v) is 15.1. The summed E-state index contributed by atoms with van der Waals surface area (Å²) in [6, 6.07) is 27.8. The number of aromatic carboxylic acids is 1. The maximum atomic E-state index is 12.1. The van der Waals surface area contributed by atoms with Crippen LogP contribution < -0.4 is 0 Å². The van der Waals surface area contributed by atoms with Gasteiger partial charge in [0.25, 0.3) is 0 Å². The van der Waals surface area contributed by atoms with Crippen LogP contribution in [0.5, 0.6) is 0 Å². The monoisotopic (exact) mass is 528 g/mol. The summed E-state index contributed by atoms with van der Waals surface area (Å²) < 4.78 is 5.69. The Bertz CT molecular complexity index is 1580. The van der Waals surface area contributed by atoms with Crippen molar-refractivity contribution < 1.29 is 14.6 Å². The predicted octanol–water partition coefficient (Wildman–Crippen LogP) is 8.20. The Morgan fingerprint density at radius 1 is 0.825 bits per heavy atom.